The Morgan fingerprint density at radius 1 is 1.21 bits per heavy atom. The third kappa shape index (κ3) is 4.84. The van der Waals surface area contributed by atoms with Crippen molar-refractivity contribution in [3.63, 3.8) is 0 Å². The molecule has 33 heavy (non-hydrogen) atoms. The molecular weight excluding hydrogens is 416 g/mol. The fourth-order valence-electron chi connectivity index (χ4n) is 4.32. The molecule has 1 aliphatic rings. The number of rotatable bonds is 7. The molecule has 1 atom stereocenters. The number of hydrogen-bond donors (Lipinski definition) is 1. The van der Waals surface area contributed by atoms with E-state index in [4.69, 9.17) is 4.98 Å². The van der Waals surface area contributed by atoms with Crippen molar-refractivity contribution in [1.29, 1.82) is 0 Å². The molecule has 1 saturated heterocycles. The lowest BCUT2D eigenvalue weighted by molar-refractivity contribution is -0.130. The van der Waals surface area contributed by atoms with Crippen LogP contribution in [0.5, 0.6) is 0 Å². The summed E-state index contributed by atoms with van der Waals surface area (Å²) in [6.45, 7) is 5.04. The highest BCUT2D eigenvalue weighted by molar-refractivity contribution is 5.88. The molecule has 0 spiro atoms. The first-order valence-corrected chi connectivity index (χ1v) is 11.4. The number of hydrogen-bond acceptors (Lipinski definition) is 5. The lowest BCUT2D eigenvalue weighted by atomic mass is 10.0. The van der Waals surface area contributed by atoms with Gasteiger partial charge in [-0.05, 0) is 25.5 Å². The Labute approximate surface area is 194 Å². The second kappa shape index (κ2) is 9.21. The van der Waals surface area contributed by atoms with Gasteiger partial charge in [0.15, 0.2) is 0 Å². The molecule has 8 nitrogen and oxygen atoms in total. The molecule has 1 fully saturated rings. The summed E-state index contributed by atoms with van der Waals surface area (Å²) < 4.78 is 0. The number of para-hydroxylation sites is 1. The number of nitrogens with zero attached hydrogens (tertiary/aromatic N) is 5. The predicted molar refractivity (Wildman–Crippen MR) is 129 cm³/mol. The fraction of sp³-hybridized carbons (Fsp3) is 0.440. The summed E-state index contributed by atoms with van der Waals surface area (Å²) in [5, 5.41) is 1.06. The van der Waals surface area contributed by atoms with E-state index >= 15 is 0 Å². The van der Waals surface area contributed by atoms with Crippen molar-refractivity contribution in [1.82, 2.24) is 24.8 Å². The molecule has 8 heteroatoms. The van der Waals surface area contributed by atoms with Gasteiger partial charge in [0.25, 0.3) is 0 Å². The van der Waals surface area contributed by atoms with Gasteiger partial charge in [-0.25, -0.2) is 9.97 Å². The third-order valence-corrected chi connectivity index (χ3v) is 6.26. The molecule has 0 bridgehead atoms. The number of amides is 2. The van der Waals surface area contributed by atoms with E-state index in [2.05, 4.69) is 9.97 Å². The second-order valence-electron chi connectivity index (χ2n) is 9.29. The number of aromatic amines is 1. The maximum atomic E-state index is 13.0. The minimum Gasteiger partial charge on any atom is -0.363 e. The van der Waals surface area contributed by atoms with Crippen LogP contribution in [0.15, 0.2) is 36.5 Å². The summed E-state index contributed by atoms with van der Waals surface area (Å²) in [5.74, 6) is 1.56. The number of carbonyl (C=O) groups excluding carboxylic acids is 2. The minimum absolute atomic E-state index is 0.00202. The van der Waals surface area contributed by atoms with E-state index in [9.17, 15) is 9.59 Å². The van der Waals surface area contributed by atoms with Crippen molar-refractivity contribution in [3.05, 3.63) is 53.6 Å². The van der Waals surface area contributed by atoms with Gasteiger partial charge in [0, 0.05) is 69.2 Å². The van der Waals surface area contributed by atoms with Crippen molar-refractivity contribution in [2.75, 3.05) is 32.6 Å². The van der Waals surface area contributed by atoms with E-state index in [1.54, 1.807) is 11.9 Å². The zero-order valence-corrected chi connectivity index (χ0v) is 20.0. The number of nitrogens with one attached hydrogen (secondary N) is 1. The Morgan fingerprint density at radius 3 is 2.67 bits per heavy atom. The Balaban J connectivity index is 1.52. The van der Waals surface area contributed by atoms with E-state index in [1.165, 1.54) is 0 Å². The number of likely N-dealkylation sites (tertiary alicyclic amines) is 1. The van der Waals surface area contributed by atoms with Gasteiger partial charge in [-0.2, -0.15) is 0 Å². The average Bonchev–Trinajstić information content (AvgIpc) is 3.37. The average molecular weight is 449 g/mol. The highest BCUT2D eigenvalue weighted by Crippen LogP contribution is 2.30. The number of carbonyl (C=O) groups is 2. The number of H-pyrrole nitrogens is 1. The van der Waals surface area contributed by atoms with Crippen LogP contribution in [0.4, 0.5) is 5.82 Å². The van der Waals surface area contributed by atoms with E-state index in [1.807, 2.05) is 74.3 Å². The number of aromatic nitrogens is 3. The fourth-order valence-corrected chi connectivity index (χ4v) is 4.32. The molecule has 1 aliphatic heterocycles. The van der Waals surface area contributed by atoms with Gasteiger partial charge < -0.3 is 19.7 Å². The van der Waals surface area contributed by atoms with Crippen LogP contribution in [0.1, 0.15) is 43.3 Å². The maximum Gasteiger partial charge on any atom is 0.227 e. The molecule has 0 unspecified atom stereocenters. The molecule has 3 heterocycles. The van der Waals surface area contributed by atoms with Crippen LogP contribution in [-0.2, 0) is 22.6 Å². The standard InChI is InChI=1S/C25H32N6O2/c1-16(2)31-14-18(11-25(31)33)21-12-23(29(3)4)28-22(27-21)15-30(5)24(32)10-17-13-26-20-9-7-6-8-19(17)20/h6-9,12-13,16,18,26H,10-11,14-15H2,1-5H3/t18-/m1/s1. The van der Waals surface area contributed by atoms with Crippen LogP contribution in [0.2, 0.25) is 0 Å². The van der Waals surface area contributed by atoms with Gasteiger partial charge in [0.1, 0.15) is 11.6 Å². The van der Waals surface area contributed by atoms with Gasteiger partial charge in [-0.1, -0.05) is 18.2 Å². The van der Waals surface area contributed by atoms with Crippen LogP contribution >= 0.6 is 0 Å². The monoisotopic (exact) mass is 448 g/mol. The predicted octanol–water partition coefficient (Wildman–Crippen LogP) is 2.95. The molecule has 2 aromatic heterocycles. The highest BCUT2D eigenvalue weighted by Gasteiger charge is 2.33. The lowest BCUT2D eigenvalue weighted by Gasteiger charge is -2.22. The highest BCUT2D eigenvalue weighted by atomic mass is 16.2. The summed E-state index contributed by atoms with van der Waals surface area (Å²) in [6, 6.07) is 10.1. The van der Waals surface area contributed by atoms with Gasteiger partial charge in [0.2, 0.25) is 11.8 Å². The molecule has 1 aromatic carbocycles. The van der Waals surface area contributed by atoms with E-state index in [0.29, 0.717) is 31.8 Å². The second-order valence-corrected chi connectivity index (χ2v) is 9.29. The van der Waals surface area contributed by atoms with Crippen LogP contribution in [-0.4, -0.2) is 70.3 Å². The van der Waals surface area contributed by atoms with Crippen molar-refractivity contribution >= 4 is 28.5 Å². The van der Waals surface area contributed by atoms with Crippen molar-refractivity contribution in [2.24, 2.45) is 0 Å². The topological polar surface area (TPSA) is 85.4 Å². The van der Waals surface area contributed by atoms with Gasteiger partial charge in [0.05, 0.1) is 18.7 Å². The normalized spacial score (nSPS) is 16.1. The van der Waals surface area contributed by atoms with Crippen molar-refractivity contribution < 1.29 is 9.59 Å². The summed E-state index contributed by atoms with van der Waals surface area (Å²) >= 11 is 0. The molecule has 1 N–H and O–H groups in total. The van der Waals surface area contributed by atoms with Gasteiger partial charge in [-0.15, -0.1) is 0 Å². The first-order chi connectivity index (χ1) is 15.7. The molecule has 0 saturated carbocycles. The summed E-state index contributed by atoms with van der Waals surface area (Å²) in [4.78, 5) is 43.6. The van der Waals surface area contributed by atoms with Crippen molar-refractivity contribution in [3.8, 4) is 0 Å². The zero-order valence-electron chi connectivity index (χ0n) is 20.0. The summed E-state index contributed by atoms with van der Waals surface area (Å²) in [7, 11) is 5.64. The van der Waals surface area contributed by atoms with Crippen LogP contribution in [0.25, 0.3) is 10.9 Å². The minimum atomic E-state index is 0.00202. The zero-order chi connectivity index (χ0) is 23.7. The first kappa shape index (κ1) is 22.8. The Hall–Kier alpha value is -3.42. The first-order valence-electron chi connectivity index (χ1n) is 11.4. The Morgan fingerprint density at radius 2 is 1.97 bits per heavy atom. The van der Waals surface area contributed by atoms with Gasteiger partial charge in [-0.3, -0.25) is 9.59 Å². The molecule has 4 rings (SSSR count). The summed E-state index contributed by atoms with van der Waals surface area (Å²) in [5.41, 5.74) is 2.86. The molecule has 0 radical (unpaired) electrons. The number of fused-ring (bicyclic) bond motifs is 1. The number of anilines is 1. The maximum absolute atomic E-state index is 13.0. The van der Waals surface area contributed by atoms with E-state index in [-0.39, 0.29) is 23.8 Å². The molecule has 2 amide bonds. The summed E-state index contributed by atoms with van der Waals surface area (Å²) in [6.07, 6.45) is 2.66. The number of benzene rings is 1. The molecule has 3 aromatic rings. The third-order valence-electron chi connectivity index (χ3n) is 6.26. The number of likely N-dealkylation sites (N-methyl/N-ethyl adjacent to an activating group) is 1. The Bertz CT molecular complexity index is 1170. The van der Waals surface area contributed by atoms with Crippen molar-refractivity contribution in [2.45, 2.75) is 45.2 Å². The molecule has 174 valence electrons. The smallest absolute Gasteiger partial charge is 0.227 e. The quantitative estimate of drug-likeness (QED) is 0.601. The SMILES string of the molecule is CC(C)N1C[C@H](c2cc(N(C)C)nc(CN(C)C(=O)Cc3c[nH]c4ccccc34)n2)CC1=O. The van der Waals surface area contributed by atoms with Crippen LogP contribution in [0, 0.1) is 0 Å². The van der Waals surface area contributed by atoms with E-state index in [0.717, 1.165) is 28.0 Å². The van der Waals surface area contributed by atoms with Crippen LogP contribution in [0.3, 0.4) is 0 Å². The Kier molecular flexibility index (Phi) is 6.35. The molecule has 0 aliphatic carbocycles. The van der Waals surface area contributed by atoms with Crippen LogP contribution < -0.4 is 4.90 Å². The largest absolute Gasteiger partial charge is 0.363 e. The molecular formula is C25H32N6O2. The van der Waals surface area contributed by atoms with Gasteiger partial charge >= 0.3 is 0 Å². The van der Waals surface area contributed by atoms with E-state index < -0.39 is 0 Å². The lowest BCUT2D eigenvalue weighted by Crippen LogP contribution is -2.32.